The van der Waals surface area contributed by atoms with E-state index in [0.29, 0.717) is 13.1 Å². The van der Waals surface area contributed by atoms with Crippen LogP contribution in [0.3, 0.4) is 0 Å². The lowest BCUT2D eigenvalue weighted by Crippen LogP contribution is -2.49. The van der Waals surface area contributed by atoms with Gasteiger partial charge in [0.2, 0.25) is 0 Å². The lowest BCUT2D eigenvalue weighted by molar-refractivity contribution is 0.0748. The third-order valence-electron chi connectivity index (χ3n) is 5.52. The van der Waals surface area contributed by atoms with Crippen LogP contribution in [0.5, 0.6) is 0 Å². The molecule has 0 radical (unpaired) electrons. The number of carbonyl (C=O) groups is 1. The lowest BCUT2D eigenvalue weighted by Gasteiger charge is -2.35. The summed E-state index contributed by atoms with van der Waals surface area (Å²) < 4.78 is 0. The van der Waals surface area contributed by atoms with Crippen LogP contribution in [0.4, 0.5) is 5.82 Å². The number of hydrogen-bond acceptors (Lipinski definition) is 5. The summed E-state index contributed by atoms with van der Waals surface area (Å²) in [6.45, 7) is 4.89. The Hall–Kier alpha value is -3.25. The van der Waals surface area contributed by atoms with E-state index >= 15 is 0 Å². The first kappa shape index (κ1) is 18.8. The van der Waals surface area contributed by atoms with Gasteiger partial charge in [-0.3, -0.25) is 9.78 Å². The van der Waals surface area contributed by atoms with Crippen LogP contribution in [-0.4, -0.2) is 47.0 Å². The Labute approximate surface area is 179 Å². The van der Waals surface area contributed by atoms with E-state index < -0.39 is 0 Å². The Kier molecular flexibility index (Phi) is 4.93. The van der Waals surface area contributed by atoms with E-state index in [1.807, 2.05) is 60.5 Å². The fourth-order valence-corrected chi connectivity index (χ4v) is 4.79. The highest BCUT2D eigenvalue weighted by atomic mass is 32.1. The molecular weight excluding hydrogens is 392 g/mol. The number of piperazine rings is 1. The third-order valence-corrected chi connectivity index (χ3v) is 6.43. The number of anilines is 1. The highest BCUT2D eigenvalue weighted by Gasteiger charge is 2.25. The van der Waals surface area contributed by atoms with Gasteiger partial charge in [-0.15, -0.1) is 11.3 Å². The van der Waals surface area contributed by atoms with Gasteiger partial charge in [0, 0.05) is 53.9 Å². The highest BCUT2D eigenvalue weighted by molar-refractivity contribution is 7.13. The topological polar surface area (TPSA) is 49.3 Å². The fraction of sp³-hybridized carbons (Fsp3) is 0.208. The molecule has 1 amide bonds. The molecule has 150 valence electrons. The van der Waals surface area contributed by atoms with Crippen molar-refractivity contribution in [2.75, 3.05) is 31.1 Å². The smallest absolute Gasteiger partial charge is 0.254 e. The fourth-order valence-electron chi connectivity index (χ4n) is 4.03. The number of thiophene rings is 1. The molecule has 4 aromatic rings. The van der Waals surface area contributed by atoms with Gasteiger partial charge in [-0.05, 0) is 36.6 Å². The number of benzene rings is 1. The number of amides is 1. The molecule has 0 atom stereocenters. The standard InChI is InChI=1S/C24H22N4OS/c1-17-16-20(18-6-4-7-19(23(18)26-17)21-8-5-15-30-21)24(29)28-13-11-27(12-14-28)22-9-2-3-10-25-22/h2-10,15-16H,11-14H2,1H3. The van der Waals surface area contributed by atoms with Gasteiger partial charge in [0.25, 0.3) is 5.91 Å². The summed E-state index contributed by atoms with van der Waals surface area (Å²) in [6, 6.07) is 18.1. The van der Waals surface area contributed by atoms with Crippen LogP contribution in [0.25, 0.3) is 21.3 Å². The van der Waals surface area contributed by atoms with Crippen LogP contribution in [-0.2, 0) is 0 Å². The Morgan fingerprint density at radius 1 is 1.00 bits per heavy atom. The average molecular weight is 415 g/mol. The average Bonchev–Trinajstić information content (AvgIpc) is 3.33. The van der Waals surface area contributed by atoms with Gasteiger partial charge in [0.15, 0.2) is 0 Å². The van der Waals surface area contributed by atoms with Gasteiger partial charge in [-0.25, -0.2) is 4.98 Å². The largest absolute Gasteiger partial charge is 0.353 e. The number of aromatic nitrogens is 2. The Morgan fingerprint density at radius 3 is 2.60 bits per heavy atom. The third kappa shape index (κ3) is 3.44. The summed E-state index contributed by atoms with van der Waals surface area (Å²) in [4.78, 5) is 28.0. The predicted octanol–water partition coefficient (Wildman–Crippen LogP) is 4.63. The van der Waals surface area contributed by atoms with Gasteiger partial charge >= 0.3 is 0 Å². The molecule has 0 N–H and O–H groups in total. The first-order valence-corrected chi connectivity index (χ1v) is 11.0. The SMILES string of the molecule is Cc1cc(C(=O)N2CCN(c3ccccn3)CC2)c2cccc(-c3cccs3)c2n1. The second-order valence-electron chi connectivity index (χ2n) is 7.46. The molecule has 1 aromatic carbocycles. The quantitative estimate of drug-likeness (QED) is 0.490. The Morgan fingerprint density at radius 2 is 1.87 bits per heavy atom. The van der Waals surface area contributed by atoms with Crippen LogP contribution >= 0.6 is 11.3 Å². The molecule has 3 aromatic heterocycles. The van der Waals surface area contributed by atoms with Crippen molar-refractivity contribution in [2.45, 2.75) is 6.92 Å². The van der Waals surface area contributed by atoms with Crippen molar-refractivity contribution in [1.82, 2.24) is 14.9 Å². The lowest BCUT2D eigenvalue weighted by atomic mass is 10.0. The maximum Gasteiger partial charge on any atom is 0.254 e. The molecule has 30 heavy (non-hydrogen) atoms. The van der Waals surface area contributed by atoms with E-state index in [2.05, 4.69) is 27.4 Å². The zero-order valence-electron chi connectivity index (χ0n) is 16.8. The molecule has 4 heterocycles. The van der Waals surface area contributed by atoms with E-state index in [4.69, 9.17) is 4.98 Å². The summed E-state index contributed by atoms with van der Waals surface area (Å²) in [5.74, 6) is 1.05. The van der Waals surface area contributed by atoms with E-state index in [9.17, 15) is 4.79 Å². The number of fused-ring (bicyclic) bond motifs is 1. The molecule has 0 unspecified atom stereocenters. The molecule has 0 bridgehead atoms. The summed E-state index contributed by atoms with van der Waals surface area (Å²) in [6.07, 6.45) is 1.81. The van der Waals surface area contributed by atoms with Gasteiger partial charge < -0.3 is 9.80 Å². The Bertz CT molecular complexity index is 1180. The summed E-state index contributed by atoms with van der Waals surface area (Å²) in [5.41, 5.74) is 3.58. The number of aryl methyl sites for hydroxylation is 1. The molecule has 6 heteroatoms. The predicted molar refractivity (Wildman–Crippen MR) is 122 cm³/mol. The van der Waals surface area contributed by atoms with E-state index in [1.54, 1.807) is 11.3 Å². The highest BCUT2D eigenvalue weighted by Crippen LogP contribution is 2.32. The van der Waals surface area contributed by atoms with Gasteiger partial charge in [0.05, 0.1) is 11.1 Å². The van der Waals surface area contributed by atoms with Crippen molar-refractivity contribution in [3.05, 3.63) is 77.4 Å². The van der Waals surface area contributed by atoms with Crippen LogP contribution in [0.1, 0.15) is 16.1 Å². The maximum atomic E-state index is 13.5. The molecule has 5 nitrogen and oxygen atoms in total. The van der Waals surface area contributed by atoms with Gasteiger partial charge in [-0.1, -0.05) is 30.3 Å². The zero-order valence-corrected chi connectivity index (χ0v) is 17.6. The number of pyridine rings is 2. The summed E-state index contributed by atoms with van der Waals surface area (Å²) in [5, 5.41) is 2.99. The molecule has 0 spiro atoms. The molecule has 1 aliphatic heterocycles. The van der Waals surface area contributed by atoms with E-state index in [0.717, 1.165) is 46.6 Å². The van der Waals surface area contributed by atoms with E-state index in [1.165, 1.54) is 4.88 Å². The van der Waals surface area contributed by atoms with Crippen molar-refractivity contribution in [3.8, 4) is 10.4 Å². The van der Waals surface area contributed by atoms with Gasteiger partial charge in [-0.2, -0.15) is 0 Å². The van der Waals surface area contributed by atoms with Crippen molar-refractivity contribution in [3.63, 3.8) is 0 Å². The van der Waals surface area contributed by atoms with Crippen molar-refractivity contribution in [2.24, 2.45) is 0 Å². The van der Waals surface area contributed by atoms with Crippen molar-refractivity contribution >= 4 is 34.0 Å². The molecule has 1 aliphatic rings. The monoisotopic (exact) mass is 414 g/mol. The second kappa shape index (κ2) is 7.88. The summed E-state index contributed by atoms with van der Waals surface area (Å²) >= 11 is 1.69. The number of hydrogen-bond donors (Lipinski definition) is 0. The van der Waals surface area contributed by atoms with Crippen LogP contribution in [0.2, 0.25) is 0 Å². The maximum absolute atomic E-state index is 13.5. The second-order valence-corrected chi connectivity index (χ2v) is 8.41. The van der Waals surface area contributed by atoms with Crippen molar-refractivity contribution in [1.29, 1.82) is 0 Å². The van der Waals surface area contributed by atoms with Crippen LogP contribution in [0.15, 0.2) is 66.2 Å². The first-order chi connectivity index (χ1) is 14.7. The summed E-state index contributed by atoms with van der Waals surface area (Å²) in [7, 11) is 0. The minimum Gasteiger partial charge on any atom is -0.353 e. The van der Waals surface area contributed by atoms with Gasteiger partial charge in [0.1, 0.15) is 5.82 Å². The zero-order chi connectivity index (χ0) is 20.5. The van der Waals surface area contributed by atoms with Crippen molar-refractivity contribution < 1.29 is 4.79 Å². The number of para-hydroxylation sites is 1. The van der Waals surface area contributed by atoms with Crippen LogP contribution < -0.4 is 4.90 Å². The normalized spacial score (nSPS) is 14.3. The molecule has 1 fully saturated rings. The molecule has 0 aliphatic carbocycles. The first-order valence-electron chi connectivity index (χ1n) is 10.1. The Balaban J connectivity index is 1.45. The molecule has 1 saturated heterocycles. The van der Waals surface area contributed by atoms with Crippen LogP contribution in [0, 0.1) is 6.92 Å². The minimum absolute atomic E-state index is 0.0782. The number of carbonyl (C=O) groups excluding carboxylic acids is 1. The number of nitrogens with zero attached hydrogens (tertiary/aromatic N) is 4. The molecular formula is C24H22N4OS. The molecule has 5 rings (SSSR count). The number of rotatable bonds is 3. The minimum atomic E-state index is 0.0782. The van der Waals surface area contributed by atoms with E-state index in [-0.39, 0.29) is 5.91 Å². The molecule has 0 saturated carbocycles.